The number of benzene rings is 1. The van der Waals surface area contributed by atoms with Crippen LogP contribution in [0.15, 0.2) is 22.8 Å². The molecule has 0 saturated heterocycles. The molecule has 2 rings (SSSR count). The average Bonchev–Trinajstić information content (AvgIpc) is 2.94. The van der Waals surface area contributed by atoms with E-state index in [0.29, 0.717) is 13.1 Å². The number of furan rings is 1. The van der Waals surface area contributed by atoms with Crippen LogP contribution < -0.4 is 0 Å². The Kier molecular flexibility index (Phi) is 5.38. The number of nitrogens with zero attached hydrogens (tertiary/aromatic N) is 3. The first-order valence-electron chi connectivity index (χ1n) is 7.56. The van der Waals surface area contributed by atoms with Crippen molar-refractivity contribution >= 4 is 16.9 Å². The number of rotatable bonds is 6. The number of nitriles is 2. The molecule has 0 aliphatic rings. The second-order valence-electron chi connectivity index (χ2n) is 5.52. The minimum Gasteiger partial charge on any atom is -0.464 e. The minimum atomic E-state index is -0.0866. The normalized spacial score (nSPS) is 10.3. The van der Waals surface area contributed by atoms with E-state index in [9.17, 15) is 4.79 Å². The monoisotopic (exact) mass is 309 g/mol. The molecule has 0 spiro atoms. The van der Waals surface area contributed by atoms with Gasteiger partial charge in [0.05, 0.1) is 37.7 Å². The molecule has 1 amide bonds. The van der Waals surface area contributed by atoms with Crippen molar-refractivity contribution in [2.24, 2.45) is 0 Å². The van der Waals surface area contributed by atoms with Crippen molar-refractivity contribution < 1.29 is 9.21 Å². The lowest BCUT2D eigenvalue weighted by Crippen LogP contribution is -2.33. The van der Waals surface area contributed by atoms with E-state index in [1.807, 2.05) is 38.1 Å². The van der Waals surface area contributed by atoms with Gasteiger partial charge >= 0.3 is 0 Å². The van der Waals surface area contributed by atoms with E-state index in [4.69, 9.17) is 14.9 Å². The van der Waals surface area contributed by atoms with Gasteiger partial charge in [0.2, 0.25) is 5.91 Å². The van der Waals surface area contributed by atoms with E-state index >= 15 is 0 Å². The maximum absolute atomic E-state index is 12.5. The van der Waals surface area contributed by atoms with E-state index < -0.39 is 0 Å². The molecule has 5 heteroatoms. The molecule has 0 fully saturated rings. The van der Waals surface area contributed by atoms with Crippen LogP contribution in [-0.4, -0.2) is 23.9 Å². The highest BCUT2D eigenvalue weighted by Crippen LogP contribution is 2.27. The third kappa shape index (κ3) is 3.70. The lowest BCUT2D eigenvalue weighted by atomic mass is 10.0. The van der Waals surface area contributed by atoms with E-state index in [-0.39, 0.29) is 25.2 Å². The summed E-state index contributed by atoms with van der Waals surface area (Å²) in [5.41, 5.74) is 3.88. The van der Waals surface area contributed by atoms with Gasteiger partial charge in [-0.3, -0.25) is 4.79 Å². The lowest BCUT2D eigenvalue weighted by molar-refractivity contribution is -0.130. The maximum atomic E-state index is 12.5. The fraction of sp³-hybridized carbons (Fsp3) is 0.389. The van der Waals surface area contributed by atoms with Crippen molar-refractivity contribution in [3.05, 3.63) is 35.1 Å². The predicted octanol–water partition coefficient (Wildman–Crippen LogP) is 3.25. The molecule has 0 unspecified atom stereocenters. The molecule has 118 valence electrons. The molecule has 5 nitrogen and oxygen atoms in total. The topological polar surface area (TPSA) is 81.0 Å². The van der Waals surface area contributed by atoms with Crippen LogP contribution >= 0.6 is 0 Å². The quantitative estimate of drug-likeness (QED) is 0.820. The van der Waals surface area contributed by atoms with Crippen molar-refractivity contribution in [2.75, 3.05) is 13.1 Å². The van der Waals surface area contributed by atoms with Crippen LogP contribution in [0.2, 0.25) is 0 Å². The Bertz CT molecular complexity index is 775. The van der Waals surface area contributed by atoms with Gasteiger partial charge in [0, 0.05) is 24.0 Å². The van der Waals surface area contributed by atoms with Crippen molar-refractivity contribution in [1.82, 2.24) is 4.90 Å². The highest BCUT2D eigenvalue weighted by Gasteiger charge is 2.17. The molecule has 0 atom stereocenters. The number of hydrogen-bond acceptors (Lipinski definition) is 4. The first kappa shape index (κ1) is 16.6. The van der Waals surface area contributed by atoms with Gasteiger partial charge < -0.3 is 9.32 Å². The van der Waals surface area contributed by atoms with Crippen LogP contribution in [0.5, 0.6) is 0 Å². The summed E-state index contributed by atoms with van der Waals surface area (Å²) in [5, 5.41) is 18.4. The smallest absolute Gasteiger partial charge is 0.227 e. The Hall–Kier alpha value is -2.79. The van der Waals surface area contributed by atoms with Gasteiger partial charge in [-0.2, -0.15) is 10.5 Å². The molecule has 1 heterocycles. The molecule has 0 bridgehead atoms. The van der Waals surface area contributed by atoms with Crippen molar-refractivity contribution in [3.63, 3.8) is 0 Å². The average molecular weight is 309 g/mol. The molecular formula is C18H19N3O2. The Labute approximate surface area is 135 Å². The molecular weight excluding hydrogens is 290 g/mol. The highest BCUT2D eigenvalue weighted by atomic mass is 16.3. The van der Waals surface area contributed by atoms with Crippen molar-refractivity contribution in [1.29, 1.82) is 10.5 Å². The fourth-order valence-electron chi connectivity index (χ4n) is 2.53. The Morgan fingerprint density at radius 1 is 1.17 bits per heavy atom. The number of carbonyl (C=O) groups excluding carboxylic acids is 1. The summed E-state index contributed by atoms with van der Waals surface area (Å²) in [6.07, 6.45) is 2.37. The molecule has 1 aromatic heterocycles. The minimum absolute atomic E-state index is 0.0866. The second-order valence-corrected chi connectivity index (χ2v) is 5.52. The van der Waals surface area contributed by atoms with Gasteiger partial charge in [-0.05, 0) is 25.0 Å². The first-order valence-corrected chi connectivity index (χ1v) is 7.56. The zero-order valence-electron chi connectivity index (χ0n) is 13.4. The van der Waals surface area contributed by atoms with Crippen molar-refractivity contribution in [2.45, 2.75) is 33.1 Å². The Morgan fingerprint density at radius 3 is 2.43 bits per heavy atom. The van der Waals surface area contributed by atoms with E-state index in [2.05, 4.69) is 0 Å². The molecule has 0 radical (unpaired) electrons. The van der Waals surface area contributed by atoms with Gasteiger partial charge in [0.1, 0.15) is 5.58 Å². The first-order chi connectivity index (χ1) is 11.1. The predicted molar refractivity (Wildman–Crippen MR) is 86.4 cm³/mol. The SMILES string of the molecule is Cc1ccc2c(CC(=O)N(CCC#N)CCC#N)coc2c1C. The standard InChI is InChI=1S/C18H19N3O2/c1-13-5-6-16-15(12-23-18(16)14(13)2)11-17(22)21(9-3-7-19)10-4-8-20/h5-6,12H,3-4,9-11H2,1-2H3. The summed E-state index contributed by atoms with van der Waals surface area (Å²) in [5.74, 6) is -0.0866. The summed E-state index contributed by atoms with van der Waals surface area (Å²) in [7, 11) is 0. The van der Waals surface area contributed by atoms with Crippen LogP contribution in [-0.2, 0) is 11.2 Å². The zero-order chi connectivity index (χ0) is 16.8. The summed E-state index contributed by atoms with van der Waals surface area (Å²) < 4.78 is 5.63. The summed E-state index contributed by atoms with van der Waals surface area (Å²) >= 11 is 0. The summed E-state index contributed by atoms with van der Waals surface area (Å²) in [6.45, 7) is 4.72. The second kappa shape index (κ2) is 7.47. The molecule has 1 aromatic carbocycles. The van der Waals surface area contributed by atoms with E-state index in [1.54, 1.807) is 11.2 Å². The van der Waals surface area contributed by atoms with Crippen LogP contribution in [0.1, 0.15) is 29.5 Å². The molecule has 0 aliphatic carbocycles. The summed E-state index contributed by atoms with van der Waals surface area (Å²) in [4.78, 5) is 14.1. The number of amides is 1. The number of fused-ring (bicyclic) bond motifs is 1. The molecule has 0 aliphatic heterocycles. The highest BCUT2D eigenvalue weighted by molar-refractivity contribution is 5.89. The van der Waals surface area contributed by atoms with Crippen molar-refractivity contribution in [3.8, 4) is 12.1 Å². The van der Waals surface area contributed by atoms with E-state index in [0.717, 1.165) is 27.7 Å². The van der Waals surface area contributed by atoms with Crippen LogP contribution in [0, 0.1) is 36.5 Å². The van der Waals surface area contributed by atoms with Gasteiger partial charge in [-0.15, -0.1) is 0 Å². The Morgan fingerprint density at radius 2 is 1.83 bits per heavy atom. The largest absolute Gasteiger partial charge is 0.464 e. The molecule has 0 saturated carbocycles. The van der Waals surface area contributed by atoms with Crippen LogP contribution in [0.25, 0.3) is 11.0 Å². The zero-order valence-corrected chi connectivity index (χ0v) is 13.4. The third-order valence-corrected chi connectivity index (χ3v) is 4.02. The number of aryl methyl sites for hydroxylation is 2. The maximum Gasteiger partial charge on any atom is 0.227 e. The fourth-order valence-corrected chi connectivity index (χ4v) is 2.53. The summed E-state index contributed by atoms with van der Waals surface area (Å²) in [6, 6.07) is 8.06. The molecule has 23 heavy (non-hydrogen) atoms. The van der Waals surface area contributed by atoms with Gasteiger partial charge in [0.15, 0.2) is 0 Å². The third-order valence-electron chi connectivity index (χ3n) is 4.02. The van der Waals surface area contributed by atoms with Gasteiger partial charge in [-0.25, -0.2) is 0 Å². The molecule has 0 N–H and O–H groups in total. The molecule has 2 aromatic rings. The lowest BCUT2D eigenvalue weighted by Gasteiger charge is -2.20. The van der Waals surface area contributed by atoms with Crippen LogP contribution in [0.4, 0.5) is 0 Å². The van der Waals surface area contributed by atoms with Crippen LogP contribution in [0.3, 0.4) is 0 Å². The van der Waals surface area contributed by atoms with E-state index in [1.165, 1.54) is 0 Å². The number of hydrogen-bond donors (Lipinski definition) is 0. The van der Waals surface area contributed by atoms with Gasteiger partial charge in [0.25, 0.3) is 0 Å². The van der Waals surface area contributed by atoms with Gasteiger partial charge in [-0.1, -0.05) is 12.1 Å². The Balaban J connectivity index is 2.20. The number of carbonyl (C=O) groups is 1.